The van der Waals surface area contributed by atoms with Gasteiger partial charge in [0.05, 0.1) is 0 Å². The highest BCUT2D eigenvalue weighted by Crippen LogP contribution is 2.54. The topological polar surface area (TPSA) is 71.1 Å². The van der Waals surface area contributed by atoms with Crippen molar-refractivity contribution >= 4 is 11.9 Å². The second-order valence-corrected chi connectivity index (χ2v) is 6.80. The van der Waals surface area contributed by atoms with Crippen molar-refractivity contribution in [2.75, 3.05) is 0 Å². The third-order valence-electron chi connectivity index (χ3n) is 3.61. The summed E-state index contributed by atoms with van der Waals surface area (Å²) in [5.41, 5.74) is 0. The number of carbonyl (C=O) groups is 2. The zero-order chi connectivity index (χ0) is 35.5. The van der Waals surface area contributed by atoms with Crippen molar-refractivity contribution in [1.29, 1.82) is 0 Å². The molecule has 0 spiro atoms. The first-order valence-electron chi connectivity index (χ1n) is 8.58. The van der Waals surface area contributed by atoms with Gasteiger partial charge in [-0.25, -0.2) is 14.3 Å². The van der Waals surface area contributed by atoms with Crippen LogP contribution >= 0.6 is 0 Å². The Morgan fingerprint density at radius 3 is 0.860 bits per heavy atom. The van der Waals surface area contributed by atoms with Crippen LogP contribution in [0.5, 0.6) is 0 Å². The minimum Gasteiger partial charge on any atom is -0.391 e. The van der Waals surface area contributed by atoms with E-state index in [0.717, 1.165) is 9.47 Å². The summed E-state index contributed by atoms with van der Waals surface area (Å²) in [4.78, 5) is 20.9. The monoisotopic (exact) mass is 708 g/mol. The van der Waals surface area contributed by atoms with E-state index in [9.17, 15) is 115 Å². The highest BCUT2D eigenvalue weighted by molar-refractivity contribution is 5.79. The van der Waals surface area contributed by atoms with Gasteiger partial charge in [0.25, 0.3) is 0 Å². The van der Waals surface area contributed by atoms with Crippen molar-refractivity contribution in [1.82, 2.24) is 0 Å². The Kier molecular flexibility index (Phi) is 9.97. The van der Waals surface area contributed by atoms with Crippen LogP contribution in [-0.4, -0.2) is 78.7 Å². The first-order valence-corrected chi connectivity index (χ1v) is 8.58. The summed E-state index contributed by atoms with van der Waals surface area (Å²) in [5.74, 6) is -32.8. The van der Waals surface area contributed by atoms with Crippen LogP contribution in [0, 0.1) is 0 Å². The van der Waals surface area contributed by atoms with E-state index < -0.39 is 78.7 Å². The van der Waals surface area contributed by atoms with E-state index in [1.165, 1.54) is 9.47 Å². The number of rotatable bonds is 11. The summed E-state index contributed by atoms with van der Waals surface area (Å²) < 4.78 is 312. The lowest BCUT2D eigenvalue weighted by atomic mass is 10.2. The Morgan fingerprint density at radius 1 is 0.326 bits per heavy atom. The number of carbonyl (C=O) groups excluding carboxylic acids is 2. The third kappa shape index (κ3) is 7.46. The van der Waals surface area contributed by atoms with E-state index in [1.54, 1.807) is 0 Å². The molecule has 1 unspecified atom stereocenters. The van der Waals surface area contributed by atoms with Crippen molar-refractivity contribution in [3.63, 3.8) is 0 Å². The second kappa shape index (κ2) is 10.7. The van der Waals surface area contributed by atoms with Gasteiger partial charge < -0.3 is 9.47 Å². The molecule has 0 N–H and O–H groups in total. The molecular weight excluding hydrogens is 708 g/mol. The van der Waals surface area contributed by atoms with Crippen molar-refractivity contribution < 1.29 is 134 Å². The maximum absolute atomic E-state index is 13.9. The Balaban J connectivity index is 6.53. The molecule has 0 rings (SSSR count). The van der Waals surface area contributed by atoms with Gasteiger partial charge in [0.2, 0.25) is 0 Å². The average molecular weight is 708 g/mol. The van der Waals surface area contributed by atoms with Crippen molar-refractivity contribution in [2.24, 2.45) is 0 Å². The minimum atomic E-state index is -8.35. The molecule has 6 nitrogen and oxygen atoms in total. The van der Waals surface area contributed by atoms with Crippen LogP contribution < -0.4 is 0 Å². The van der Waals surface area contributed by atoms with Crippen LogP contribution in [-0.2, 0) is 28.5 Å². The van der Waals surface area contributed by atoms with Crippen LogP contribution in [0.1, 0.15) is 0 Å². The zero-order valence-corrected chi connectivity index (χ0v) is 18.0. The fourth-order valence-corrected chi connectivity index (χ4v) is 1.52. The molecule has 0 aromatic carbocycles. The standard InChI is InChI=1S/C13F24O6/c14-3(15,6(19,20)21)1(38)40-9(28,29)5(18,8(25,26)27)42-12(34,35)13(36,37)43-11(32,33)10(30,31)41-2(39)4(16,17)7(22,23)24. The van der Waals surface area contributed by atoms with Gasteiger partial charge in [0.1, 0.15) is 0 Å². The van der Waals surface area contributed by atoms with Gasteiger partial charge in [-0.05, 0) is 0 Å². The van der Waals surface area contributed by atoms with E-state index in [1.807, 2.05) is 0 Å². The maximum atomic E-state index is 13.9. The fraction of sp³-hybridized carbons (Fsp3) is 0.846. The molecule has 43 heavy (non-hydrogen) atoms. The molecule has 0 fully saturated rings. The van der Waals surface area contributed by atoms with Crippen molar-refractivity contribution in [3.05, 3.63) is 0 Å². The SMILES string of the molecule is O=C(OC(F)(F)C(F)(F)OC(F)(F)C(F)(F)OC(F)(C(F)(F)F)C(F)(F)OC(=O)C(F)(F)C(F)(F)F)C(F)(F)C(F)(F)F. The smallest absolute Gasteiger partial charge is 0.391 e. The summed E-state index contributed by atoms with van der Waals surface area (Å²) in [6.45, 7) is 0. The first-order chi connectivity index (χ1) is 18.2. The van der Waals surface area contributed by atoms with Crippen LogP contribution in [0.4, 0.5) is 105 Å². The predicted molar refractivity (Wildman–Crippen MR) is 71.0 cm³/mol. The van der Waals surface area contributed by atoms with Crippen LogP contribution in [0.25, 0.3) is 0 Å². The predicted octanol–water partition coefficient (Wildman–Crippen LogP) is 6.69. The summed E-state index contributed by atoms with van der Waals surface area (Å²) in [6, 6.07) is 0. The average Bonchev–Trinajstić information content (AvgIpc) is 2.68. The van der Waals surface area contributed by atoms with E-state index >= 15 is 0 Å². The highest BCUT2D eigenvalue weighted by atomic mass is 19.4. The Hall–Kier alpha value is -2.82. The van der Waals surface area contributed by atoms with Crippen molar-refractivity contribution in [2.45, 2.75) is 66.8 Å². The van der Waals surface area contributed by atoms with Crippen molar-refractivity contribution in [3.8, 4) is 0 Å². The zero-order valence-electron chi connectivity index (χ0n) is 18.0. The third-order valence-corrected chi connectivity index (χ3v) is 3.61. The number of hydrogen-bond donors (Lipinski definition) is 0. The van der Waals surface area contributed by atoms with Crippen LogP contribution in [0.15, 0.2) is 0 Å². The van der Waals surface area contributed by atoms with Gasteiger partial charge in [-0.1, -0.05) is 0 Å². The fourth-order valence-electron chi connectivity index (χ4n) is 1.52. The molecule has 0 aliphatic heterocycles. The number of alkyl halides is 24. The molecule has 0 heterocycles. The number of esters is 2. The first kappa shape index (κ1) is 40.2. The maximum Gasteiger partial charge on any atom is 0.496 e. The number of ether oxygens (including phenoxy) is 4. The van der Waals surface area contributed by atoms with E-state index in [0.29, 0.717) is 0 Å². The summed E-state index contributed by atoms with van der Waals surface area (Å²) in [6.07, 6.45) is -63.3. The molecule has 0 aromatic rings. The second-order valence-electron chi connectivity index (χ2n) is 6.80. The molecule has 0 saturated carbocycles. The van der Waals surface area contributed by atoms with E-state index in [2.05, 4.69) is 0 Å². The minimum absolute atomic E-state index is 1.15. The normalized spacial score (nSPS) is 16.9. The van der Waals surface area contributed by atoms with Crippen LogP contribution in [0.2, 0.25) is 0 Å². The molecule has 0 aliphatic carbocycles. The summed E-state index contributed by atoms with van der Waals surface area (Å²) in [7, 11) is 0. The molecule has 30 heteroatoms. The van der Waals surface area contributed by atoms with E-state index in [4.69, 9.17) is 0 Å². The van der Waals surface area contributed by atoms with Gasteiger partial charge in [-0.2, -0.15) is 105 Å². The number of halogens is 24. The Morgan fingerprint density at radius 2 is 0.581 bits per heavy atom. The van der Waals surface area contributed by atoms with Gasteiger partial charge >= 0.3 is 78.7 Å². The van der Waals surface area contributed by atoms with Gasteiger partial charge in [0, 0.05) is 0 Å². The molecule has 1 atom stereocenters. The lowest BCUT2D eigenvalue weighted by Gasteiger charge is -2.38. The Bertz CT molecular complexity index is 1040. The Labute approximate surface area is 214 Å². The van der Waals surface area contributed by atoms with Gasteiger partial charge in [0.15, 0.2) is 0 Å². The molecule has 0 aromatic heterocycles. The number of hydrogen-bond acceptors (Lipinski definition) is 6. The molecule has 0 aliphatic rings. The van der Waals surface area contributed by atoms with Gasteiger partial charge in [-0.15, -0.1) is 0 Å². The molecule has 256 valence electrons. The summed E-state index contributed by atoms with van der Waals surface area (Å²) in [5, 5.41) is 0. The molecule has 0 amide bonds. The molecule has 0 saturated heterocycles. The largest absolute Gasteiger partial charge is 0.496 e. The quantitative estimate of drug-likeness (QED) is 0.176. The molecule has 0 bridgehead atoms. The summed E-state index contributed by atoms with van der Waals surface area (Å²) >= 11 is 0. The lowest BCUT2D eigenvalue weighted by Crippen LogP contribution is -2.66. The van der Waals surface area contributed by atoms with Crippen LogP contribution in [0.3, 0.4) is 0 Å². The van der Waals surface area contributed by atoms with Gasteiger partial charge in [-0.3, -0.25) is 4.74 Å². The molecular formula is C13F24O6. The molecule has 0 radical (unpaired) electrons. The highest BCUT2D eigenvalue weighted by Gasteiger charge is 2.84. The lowest BCUT2D eigenvalue weighted by molar-refractivity contribution is -0.564. The van der Waals surface area contributed by atoms with E-state index in [-0.39, 0.29) is 0 Å².